The molecule has 2 amide bonds. The van der Waals surface area contributed by atoms with Gasteiger partial charge in [-0.1, -0.05) is 54.6 Å². The molecule has 0 spiro atoms. The summed E-state index contributed by atoms with van der Waals surface area (Å²) >= 11 is 0. The van der Waals surface area contributed by atoms with Gasteiger partial charge in [0.2, 0.25) is 0 Å². The van der Waals surface area contributed by atoms with Gasteiger partial charge in [0.25, 0.3) is 0 Å². The molecule has 1 aromatic heterocycles. The minimum Gasteiger partial charge on any atom is -0.371 e. The Hall–Kier alpha value is -6.19. The van der Waals surface area contributed by atoms with Crippen LogP contribution < -0.4 is 15.5 Å². The number of aryl methyl sites for hydroxylation is 1. The smallest absolute Gasteiger partial charge is 0.371 e. The number of guanidine groups is 1. The number of carbonyl (C=O) groups is 1. The number of para-hydroxylation sites is 1. The first kappa shape index (κ1) is 46.8. The molecule has 4 heterocycles. The summed E-state index contributed by atoms with van der Waals surface area (Å²) in [5, 5.41) is 5.81. The summed E-state index contributed by atoms with van der Waals surface area (Å²) in [6.45, 7) is 4.90. The predicted molar refractivity (Wildman–Crippen MR) is 237 cm³/mol. The lowest BCUT2D eigenvalue weighted by atomic mass is 9.86. The van der Waals surface area contributed by atoms with E-state index in [-0.39, 0.29) is 50.5 Å². The Balaban J connectivity index is 0.000000210. The van der Waals surface area contributed by atoms with Gasteiger partial charge in [-0.2, -0.15) is 26.3 Å². The van der Waals surface area contributed by atoms with Crippen LogP contribution in [0.4, 0.5) is 57.0 Å². The highest BCUT2D eigenvalue weighted by Crippen LogP contribution is 2.39. The molecule has 8 nitrogen and oxygen atoms in total. The first-order valence-corrected chi connectivity index (χ1v) is 21.6. The Labute approximate surface area is 373 Å². The van der Waals surface area contributed by atoms with Crippen LogP contribution in [0, 0.1) is 6.92 Å². The van der Waals surface area contributed by atoms with Crippen LogP contribution in [-0.4, -0.2) is 72.1 Å². The molecule has 65 heavy (non-hydrogen) atoms. The average molecular weight is 906 g/mol. The van der Waals surface area contributed by atoms with E-state index in [1.807, 2.05) is 42.2 Å². The molecule has 3 aliphatic rings. The molecule has 0 radical (unpaired) electrons. The number of likely N-dealkylation sites (tertiary alicyclic amines) is 2. The number of nitrogens with zero attached hydrogens (tertiary/aromatic N) is 5. The van der Waals surface area contributed by atoms with E-state index in [0.717, 1.165) is 55.8 Å². The molecule has 0 unspecified atom stereocenters. The van der Waals surface area contributed by atoms with E-state index >= 15 is 8.78 Å². The normalized spacial score (nSPS) is 18.0. The lowest BCUT2D eigenvalue weighted by molar-refractivity contribution is -0.138. The van der Waals surface area contributed by atoms with Gasteiger partial charge in [-0.25, -0.2) is 18.6 Å². The van der Waals surface area contributed by atoms with Gasteiger partial charge in [0.05, 0.1) is 22.9 Å². The molecule has 0 aliphatic carbocycles. The number of hydrogen-bond donors (Lipinski definition) is 2. The molecule has 3 saturated heterocycles. The first-order chi connectivity index (χ1) is 31.0. The highest BCUT2D eigenvalue weighted by molar-refractivity contribution is 5.94. The molecule has 344 valence electrons. The van der Waals surface area contributed by atoms with Gasteiger partial charge in [0.15, 0.2) is 11.6 Å². The zero-order chi connectivity index (χ0) is 46.2. The van der Waals surface area contributed by atoms with E-state index in [4.69, 9.17) is 4.99 Å². The zero-order valence-corrected chi connectivity index (χ0v) is 35.9. The van der Waals surface area contributed by atoms with Crippen LogP contribution >= 0.6 is 0 Å². The number of hydrogen-bond acceptors (Lipinski definition) is 4. The number of halogens is 8. The van der Waals surface area contributed by atoms with E-state index in [1.165, 1.54) is 34.9 Å². The number of pyridine rings is 1. The molecule has 8 rings (SSSR count). The van der Waals surface area contributed by atoms with Crippen molar-refractivity contribution in [3.05, 3.63) is 155 Å². The van der Waals surface area contributed by atoms with Gasteiger partial charge in [-0.15, -0.1) is 0 Å². The van der Waals surface area contributed by atoms with Gasteiger partial charge in [-0.3, -0.25) is 4.98 Å². The number of nitrogens with one attached hydrogen (secondary N) is 2. The topological polar surface area (TPSA) is 76.1 Å². The van der Waals surface area contributed by atoms with Gasteiger partial charge in [-0.05, 0) is 97.6 Å². The summed E-state index contributed by atoms with van der Waals surface area (Å²) < 4.78 is 108. The molecule has 2 N–H and O–H groups in total. The Kier molecular flexibility index (Phi) is 14.3. The number of amides is 2. The van der Waals surface area contributed by atoms with Crippen molar-refractivity contribution in [1.82, 2.24) is 14.8 Å². The summed E-state index contributed by atoms with van der Waals surface area (Å²) in [7, 11) is 0. The van der Waals surface area contributed by atoms with Crippen LogP contribution in [0.25, 0.3) is 0 Å². The van der Waals surface area contributed by atoms with Crippen molar-refractivity contribution in [3.63, 3.8) is 0 Å². The monoisotopic (exact) mass is 905 g/mol. The maximum Gasteiger partial charge on any atom is 0.416 e. The largest absolute Gasteiger partial charge is 0.416 e. The highest BCUT2D eigenvalue weighted by atomic mass is 19.4. The van der Waals surface area contributed by atoms with E-state index in [2.05, 4.69) is 32.7 Å². The molecule has 5 aromatic rings. The maximum atomic E-state index is 16.0. The lowest BCUT2D eigenvalue weighted by Crippen LogP contribution is -2.47. The van der Waals surface area contributed by atoms with Crippen molar-refractivity contribution in [3.8, 4) is 0 Å². The Morgan fingerprint density at radius 1 is 0.615 bits per heavy atom. The summed E-state index contributed by atoms with van der Waals surface area (Å²) in [6, 6.07) is 31.6. The fourth-order valence-electron chi connectivity index (χ4n) is 8.43. The second kappa shape index (κ2) is 19.9. The molecule has 3 aliphatic heterocycles. The summed E-state index contributed by atoms with van der Waals surface area (Å²) in [6.07, 6.45) is -4.63. The summed E-state index contributed by atoms with van der Waals surface area (Å²) in [5.41, 5.74) is -0.601. The third kappa shape index (κ3) is 11.9. The van der Waals surface area contributed by atoms with Crippen molar-refractivity contribution in [2.75, 3.05) is 54.8 Å². The molecule has 0 bridgehead atoms. The number of carbonyl (C=O) groups excluding carboxylic acids is 1. The molecule has 4 aromatic carbocycles. The number of aliphatic imine (C=N–C) groups is 1. The van der Waals surface area contributed by atoms with Crippen LogP contribution in [-0.2, 0) is 23.7 Å². The Morgan fingerprint density at radius 2 is 1.11 bits per heavy atom. The molecular weight excluding hydrogens is 855 g/mol. The molecule has 0 saturated carbocycles. The number of anilines is 3. The third-order valence-corrected chi connectivity index (χ3v) is 12.2. The third-order valence-electron chi connectivity index (χ3n) is 12.2. The fourth-order valence-corrected chi connectivity index (χ4v) is 8.43. The van der Waals surface area contributed by atoms with E-state index in [0.29, 0.717) is 36.0 Å². The highest BCUT2D eigenvalue weighted by Gasteiger charge is 2.40. The minimum absolute atomic E-state index is 0.0528. The number of aromatic nitrogens is 1. The minimum atomic E-state index is -4.42. The van der Waals surface area contributed by atoms with Crippen molar-refractivity contribution >= 4 is 29.1 Å². The van der Waals surface area contributed by atoms with Gasteiger partial charge >= 0.3 is 18.4 Å². The van der Waals surface area contributed by atoms with Crippen LogP contribution in [0.3, 0.4) is 0 Å². The van der Waals surface area contributed by atoms with Crippen LogP contribution in [0.15, 0.2) is 133 Å². The molecule has 16 heteroatoms. The number of alkyl halides is 8. The number of rotatable bonds is 6. The maximum absolute atomic E-state index is 16.0. The van der Waals surface area contributed by atoms with Crippen LogP contribution in [0.1, 0.15) is 66.5 Å². The SMILES string of the molecule is Cc1cccnc1C1(F)CCN(C(=NC2CCN(c3ccccc3)CC2)Nc2ccc(C(F)(F)F)cc2)CC1.O=C(Nc1ccc(C(F)(F)F)cc1)N1CCC(F)(c2ccccc2)CC1. The fraction of sp³-hybridized carbons (Fsp3) is 0.367. The second-order valence-corrected chi connectivity index (χ2v) is 16.7. The lowest BCUT2D eigenvalue weighted by Gasteiger charge is -2.39. The van der Waals surface area contributed by atoms with Crippen LogP contribution in [0.2, 0.25) is 0 Å². The summed E-state index contributed by atoms with van der Waals surface area (Å²) in [5.74, 6) is 0.577. The first-order valence-electron chi connectivity index (χ1n) is 21.6. The Morgan fingerprint density at radius 3 is 1.63 bits per heavy atom. The number of urea groups is 1. The van der Waals surface area contributed by atoms with Crippen molar-refractivity contribution in [2.24, 2.45) is 4.99 Å². The molecular formula is C49H51F8N7O. The van der Waals surface area contributed by atoms with E-state index < -0.39 is 40.8 Å². The second-order valence-electron chi connectivity index (χ2n) is 16.7. The Bertz CT molecular complexity index is 2340. The van der Waals surface area contributed by atoms with E-state index in [9.17, 15) is 31.1 Å². The van der Waals surface area contributed by atoms with Crippen molar-refractivity contribution in [2.45, 2.75) is 75.2 Å². The van der Waals surface area contributed by atoms with E-state index in [1.54, 1.807) is 36.5 Å². The average Bonchev–Trinajstić information content (AvgIpc) is 3.30. The van der Waals surface area contributed by atoms with Gasteiger partial charge in [0.1, 0.15) is 5.67 Å². The summed E-state index contributed by atoms with van der Waals surface area (Å²) in [4.78, 5) is 27.5. The number of piperidine rings is 3. The zero-order valence-electron chi connectivity index (χ0n) is 35.9. The van der Waals surface area contributed by atoms with Crippen molar-refractivity contribution in [1.29, 1.82) is 0 Å². The number of benzene rings is 4. The van der Waals surface area contributed by atoms with Gasteiger partial charge < -0.3 is 25.3 Å². The molecule has 3 fully saturated rings. The standard InChI is InChI=1S/C30H33F4N5.C19H18F4N2O/c1-22-6-5-17-35-27(22)29(31)15-20-39(21-16-29)28(36-24-11-9-23(10-12-24)30(32,33)34)37-25-13-18-38(19-14-25)26-7-3-2-4-8-26;20-18(14-4-2-1-3-5-14)10-12-25(13-11-18)17(26)24-16-8-6-15(7-9-16)19(21,22)23/h2-12,17,25H,13-16,18-21H2,1H3,(H,36,37);1-9H,10-13H2,(H,24,26). The van der Waals surface area contributed by atoms with Gasteiger partial charge in [0, 0.05) is 88.2 Å². The van der Waals surface area contributed by atoms with Crippen molar-refractivity contribution < 1.29 is 39.9 Å². The van der Waals surface area contributed by atoms with Crippen LogP contribution in [0.5, 0.6) is 0 Å². The quantitative estimate of drug-likeness (QED) is 0.101. The predicted octanol–water partition coefficient (Wildman–Crippen LogP) is 12.0. The molecule has 0 atom stereocenters.